The van der Waals surface area contributed by atoms with E-state index >= 15 is 0 Å². The van der Waals surface area contributed by atoms with Gasteiger partial charge in [-0.15, -0.1) is 0 Å². The molecule has 0 heterocycles. The van der Waals surface area contributed by atoms with Gasteiger partial charge in [-0.3, -0.25) is 19.1 Å². The Hall–Kier alpha value is -2.46. The molecule has 0 aliphatic heterocycles. The van der Waals surface area contributed by atoms with E-state index in [1.165, 1.54) is 13.8 Å². The number of ether oxygens (including phenoxy) is 3. The number of hydrogen-bond donors (Lipinski definition) is 15. The second kappa shape index (κ2) is 58.3. The average Bonchev–Trinajstić information content (AvgIpc) is 0.788. The fourth-order valence-electron chi connectivity index (χ4n) is 17.6. The van der Waals surface area contributed by atoms with Crippen LogP contribution in [0.2, 0.25) is 0 Å². The molecule has 0 aromatic rings. The third-order valence-corrected chi connectivity index (χ3v) is 24.6. The van der Waals surface area contributed by atoms with Crippen molar-refractivity contribution in [2.24, 2.45) is 88.8 Å². The second-order valence-corrected chi connectivity index (χ2v) is 34.2. The Morgan fingerprint density at radius 3 is 0.826 bits per heavy atom. The minimum Gasteiger partial charge on any atom is -0.550 e. The quantitative estimate of drug-likeness (QED) is 0.0156. The topological polar surface area (TPSA) is 543 Å². The van der Waals surface area contributed by atoms with Gasteiger partial charge in [-0.1, -0.05) is 114 Å². The zero-order valence-corrected chi connectivity index (χ0v) is 81.2. The van der Waals surface area contributed by atoms with Crippen LogP contribution in [-0.2, 0) is 47.8 Å². The van der Waals surface area contributed by atoms with Crippen LogP contribution in [0.4, 0.5) is 4.70 Å². The molecule has 15 N–H and O–H groups in total. The first-order valence-corrected chi connectivity index (χ1v) is 41.6. The zero-order chi connectivity index (χ0) is 86.9. The second-order valence-electron chi connectivity index (χ2n) is 34.2. The molecule has 0 radical (unpaired) electrons. The van der Waals surface area contributed by atoms with E-state index in [1.54, 1.807) is 32.1 Å². The molecule has 668 valence electrons. The summed E-state index contributed by atoms with van der Waals surface area (Å²) in [6, 6.07) is 0. The molecule has 8 aliphatic carbocycles. The maximum atomic E-state index is 12.5. The summed E-state index contributed by atoms with van der Waals surface area (Å²) in [6.45, 7) is 18.2. The van der Waals surface area contributed by atoms with Gasteiger partial charge in [0.2, 0.25) is 0 Å². The molecular formula is C87H135FNa4O29. The number of hydrogen-bond acceptors (Lipinski definition) is 29. The number of esters is 3. The maximum Gasteiger partial charge on any atom is 1.00 e. The number of fused-ring (bicyclic) bond motifs is 4. The van der Waals surface area contributed by atoms with Crippen LogP contribution < -0.4 is 139 Å². The predicted octanol–water partition coefficient (Wildman–Crippen LogP) is -10.8. The standard InChI is InChI=1S/2C23H36O8.C23H36O7.C18H28O6.FH.4Na.H2/c2*1-12-4-5-15-8-17(26)10-20(31-23(30)13(2)14(3)24)22(15)19(12)7-6-16(25)9-18(27)11-21(28)29;1-4-13(2)23(29)30-20-11-17(25)9-15-6-5-14(3)19(22(15)20)8-7-16(24)10-18(26)12-21(27)28;1-10-2-3-11-6-13(20)8-16(22)18(11)15(10)5-4-12(19)7-14(21)9-17(23)24;;;;;;/h2*4-5,8,12-14,16-20,22,24-27H,6-7,9-11H2,1-3H3,(H,28,29);5-6,9,13-14,16-20,22,24-26H,4,7-8,10-12H2,1-3H3,(H,27,28);2-3,6,10,12-16,18-22H,4-5,7-9H2,1H3,(H,23,24);1H;;;;;1H/q;;;;;4*+1;/p-4/t12-,13-,14+,16+,17+,18+,19-,20-,22-;12-,13-,14-,16+,17+,18+,19-,20-,22-;13-,14-,16+,17+,18+,19-,20-,22-;10-,12+,13-,14+,15-,16-,18-;;;;;;/m0000....../s1/i;;;;;;;;;1+1. The Bertz CT molecular complexity index is 3320. The first-order valence-electron chi connectivity index (χ1n) is 41.6. The molecule has 0 saturated carbocycles. The predicted molar refractivity (Wildman–Crippen MR) is 419 cm³/mol. The van der Waals surface area contributed by atoms with Crippen LogP contribution in [0.25, 0.3) is 0 Å². The zero-order valence-electron chi connectivity index (χ0n) is 73.2. The van der Waals surface area contributed by atoms with Crippen molar-refractivity contribution in [2.45, 2.75) is 314 Å². The van der Waals surface area contributed by atoms with Gasteiger partial charge in [0.05, 0.1) is 109 Å². The summed E-state index contributed by atoms with van der Waals surface area (Å²) in [6.07, 6.45) is 12.2. The number of allylic oxidation sites excluding steroid dienone is 8. The van der Waals surface area contributed by atoms with Crippen molar-refractivity contribution in [3.63, 3.8) is 0 Å². The van der Waals surface area contributed by atoms with Gasteiger partial charge in [0.1, 0.15) is 18.3 Å². The van der Waals surface area contributed by atoms with Gasteiger partial charge in [0.15, 0.2) is 0 Å². The molecule has 0 unspecified atom stereocenters. The van der Waals surface area contributed by atoms with Gasteiger partial charge < -0.3 is 130 Å². The SMILES string of the molecule is CC[C@H](C)C(=O)O[C@H]1C[C@H](O)C=C2C=C[C@H](C)[C@H](CC[C@@H](O)C[C@@H](O)CC(=O)[O-])[C@H]21.C[C@H](C(=O)O[C@H]1C[C@H](O)C=C2C=C[C@H](C)[C@H](CC[C@@H](O)C[C@@H](O)CC(=O)[O-])[C@H]21)[C@@H](C)O.C[C@H](O)[C@H](C)C(=O)O[C@H]1C[C@H](O)C=C2C=C[C@H](C)[C@H](CC[C@@H](O)C[C@@H](O)CC(=O)[O-])[C@H]21.C[C@H]1C=CC2=C[C@H](O)C[C@H](O)[C@@H]2[C@H]1CC[C@@H](O)C[C@@H](O)CC(=O)[O-].F.[2HH].[Na+].[Na+].[Na+].[Na+]. The number of carbonyl (C=O) groups excluding carboxylic acids is 7. The van der Waals surface area contributed by atoms with Crippen molar-refractivity contribution in [1.29, 1.82) is 0 Å². The molecule has 0 bridgehead atoms. The van der Waals surface area contributed by atoms with Gasteiger partial charge in [-0.2, -0.15) is 0 Å². The fraction of sp³-hybridized carbons (Fsp3) is 0.736. The van der Waals surface area contributed by atoms with Crippen molar-refractivity contribution in [3.05, 3.63) is 95.2 Å². The minimum atomic E-state index is -1.36. The third kappa shape index (κ3) is 39.4. The Labute approximate surface area is 801 Å². The number of carboxylic acids is 4. The van der Waals surface area contributed by atoms with Crippen molar-refractivity contribution in [3.8, 4) is 0 Å². The normalized spacial score (nSPS) is 31.0. The van der Waals surface area contributed by atoms with E-state index in [-0.39, 0.29) is 246 Å². The van der Waals surface area contributed by atoms with Gasteiger partial charge in [-0.25, -0.2) is 0 Å². The van der Waals surface area contributed by atoms with Crippen LogP contribution >= 0.6 is 0 Å². The largest absolute Gasteiger partial charge is 1.00 e. The number of carboxylic acid groups (broad SMARTS) is 4. The van der Waals surface area contributed by atoms with E-state index in [1.807, 2.05) is 70.2 Å². The molecule has 0 saturated heterocycles. The molecule has 0 amide bonds. The number of aliphatic carboxylic acids is 4. The number of halogens is 1. The van der Waals surface area contributed by atoms with Crippen molar-refractivity contribution in [1.82, 2.24) is 0 Å². The first-order chi connectivity index (χ1) is 54.4. The average molecular weight is 1760 g/mol. The summed E-state index contributed by atoms with van der Waals surface area (Å²) in [5.74, 6) is -7.76. The third-order valence-electron chi connectivity index (χ3n) is 24.6. The summed E-state index contributed by atoms with van der Waals surface area (Å²) in [5, 5.41) is 192. The molecule has 0 aromatic heterocycles. The Balaban J connectivity index is 0. The van der Waals surface area contributed by atoms with Gasteiger partial charge in [0, 0.05) is 100 Å². The molecule has 0 spiro atoms. The number of rotatable bonds is 37. The van der Waals surface area contributed by atoms with E-state index in [4.69, 9.17) is 14.2 Å². The Morgan fingerprint density at radius 1 is 0.372 bits per heavy atom. The van der Waals surface area contributed by atoms with Crippen molar-refractivity contribution in [2.75, 3.05) is 0 Å². The van der Waals surface area contributed by atoms with E-state index in [0.29, 0.717) is 70.6 Å². The minimum absolute atomic E-state index is 0. The van der Waals surface area contributed by atoms with Crippen molar-refractivity contribution >= 4 is 41.8 Å². The molecule has 8 aliphatic rings. The van der Waals surface area contributed by atoms with Crippen LogP contribution in [0.3, 0.4) is 0 Å². The summed E-state index contributed by atoms with van der Waals surface area (Å²) in [7, 11) is 0. The van der Waals surface area contributed by atoms with Crippen LogP contribution in [0.5, 0.6) is 0 Å². The Kier molecular flexibility index (Phi) is 57.1. The van der Waals surface area contributed by atoms with Crippen LogP contribution in [0.1, 0.15) is 206 Å². The molecular weight excluding hydrogens is 1620 g/mol. The molecule has 0 aromatic carbocycles. The first kappa shape index (κ1) is 119. The number of carbonyl (C=O) groups is 7. The molecule has 29 nitrogen and oxygen atoms in total. The summed E-state index contributed by atoms with van der Waals surface area (Å²) in [5.41, 5.74) is 3.66. The molecule has 121 heavy (non-hydrogen) atoms. The molecule has 8 rings (SSSR count). The molecule has 34 heteroatoms. The van der Waals surface area contributed by atoms with Crippen molar-refractivity contribution < 1.29 is 269 Å². The number of aliphatic hydroxyl groups is 15. The van der Waals surface area contributed by atoms with E-state index in [2.05, 4.69) is 26.0 Å². The fourth-order valence-corrected chi connectivity index (χ4v) is 17.6. The van der Waals surface area contributed by atoms with E-state index in [0.717, 1.165) is 22.3 Å². The summed E-state index contributed by atoms with van der Waals surface area (Å²) < 4.78 is 17.3. The van der Waals surface area contributed by atoms with Crippen LogP contribution in [-0.4, -0.2) is 228 Å². The summed E-state index contributed by atoms with van der Waals surface area (Å²) >= 11 is 0. The molecule has 33 atom stereocenters. The maximum absolute atomic E-state index is 12.5. The van der Waals surface area contributed by atoms with Gasteiger partial charge >= 0.3 is 136 Å². The smallest absolute Gasteiger partial charge is 0.550 e. The van der Waals surface area contributed by atoms with Crippen LogP contribution in [0, 0.1) is 88.8 Å². The van der Waals surface area contributed by atoms with Gasteiger partial charge in [0.25, 0.3) is 0 Å². The monoisotopic (exact) mass is 1760 g/mol. The Morgan fingerprint density at radius 2 is 0.595 bits per heavy atom. The number of aliphatic hydroxyl groups excluding tert-OH is 15. The van der Waals surface area contributed by atoms with Gasteiger partial charge in [-0.05, 0) is 181 Å². The summed E-state index contributed by atoms with van der Waals surface area (Å²) in [4.78, 5) is 79.6. The van der Waals surface area contributed by atoms with E-state index < -0.39 is 183 Å². The van der Waals surface area contributed by atoms with E-state index in [9.17, 15) is 131 Å². The molecule has 0 fully saturated rings. The van der Waals surface area contributed by atoms with Crippen LogP contribution in [0.15, 0.2) is 95.2 Å².